The molecule has 1 aliphatic heterocycles. The number of methoxy groups -OCH3 is 3. The number of amides is 2. The summed E-state index contributed by atoms with van der Waals surface area (Å²) in [5.74, 6) is 4.22. The van der Waals surface area contributed by atoms with Crippen molar-refractivity contribution in [2.75, 3.05) is 59.4 Å². The Morgan fingerprint density at radius 3 is 1.91 bits per heavy atom. The Hall–Kier alpha value is -2.48. The largest absolute Gasteiger partial charge is 0.493 e. The number of nitrogens with one attached hydrogen (secondary N) is 1. The zero-order chi connectivity index (χ0) is 24.6. The van der Waals surface area contributed by atoms with E-state index in [2.05, 4.69) is 15.1 Å². The molecule has 0 spiro atoms. The molecule has 192 valence electrons. The number of rotatable bonds is 8. The van der Waals surface area contributed by atoms with Gasteiger partial charge in [0.15, 0.2) is 11.5 Å². The molecule has 5 fully saturated rings. The van der Waals surface area contributed by atoms with Gasteiger partial charge >= 0.3 is 0 Å². The van der Waals surface area contributed by atoms with Crippen LogP contribution < -0.4 is 19.5 Å². The Kier molecular flexibility index (Phi) is 6.84. The monoisotopic (exact) mass is 485 g/mol. The van der Waals surface area contributed by atoms with Crippen LogP contribution in [-0.2, 0) is 9.59 Å². The molecule has 0 unspecified atom stereocenters. The van der Waals surface area contributed by atoms with E-state index in [1.807, 2.05) is 0 Å². The minimum atomic E-state index is -0.0636. The predicted molar refractivity (Wildman–Crippen MR) is 133 cm³/mol. The number of piperazine rings is 1. The van der Waals surface area contributed by atoms with Gasteiger partial charge in [0.2, 0.25) is 17.6 Å². The molecule has 4 saturated carbocycles. The maximum Gasteiger partial charge on any atom is 0.228 e. The topological polar surface area (TPSA) is 80.3 Å². The number of ether oxygens (including phenoxy) is 3. The molecule has 1 heterocycles. The van der Waals surface area contributed by atoms with Gasteiger partial charge in [0.05, 0.1) is 26.7 Å². The molecule has 1 aromatic carbocycles. The van der Waals surface area contributed by atoms with E-state index in [-0.39, 0.29) is 11.3 Å². The molecule has 8 nitrogen and oxygen atoms in total. The lowest BCUT2D eigenvalue weighted by molar-refractivity contribution is -0.159. The standard InChI is InChI=1S/C27H39N3O5/c1-33-22-13-21(14-23(34-2)25(22)35-3)28-24(31)4-5-29-6-8-30(9-7-29)26(32)27-15-18-10-19(16-27)12-20(11-18)17-27/h13-14,18-20H,4-12,15-17H2,1-3H3,(H,28,31). The van der Waals surface area contributed by atoms with Crippen molar-refractivity contribution in [1.29, 1.82) is 0 Å². The summed E-state index contributed by atoms with van der Waals surface area (Å²) >= 11 is 0. The third-order valence-corrected chi connectivity index (χ3v) is 8.75. The highest BCUT2D eigenvalue weighted by atomic mass is 16.5. The molecule has 4 aliphatic carbocycles. The minimum absolute atomic E-state index is 0.0582. The van der Waals surface area contributed by atoms with Crippen LogP contribution >= 0.6 is 0 Å². The highest BCUT2D eigenvalue weighted by Crippen LogP contribution is 2.60. The average Bonchev–Trinajstić information content (AvgIpc) is 2.86. The molecule has 4 bridgehead atoms. The van der Waals surface area contributed by atoms with Crippen molar-refractivity contribution >= 4 is 17.5 Å². The molecule has 0 aromatic heterocycles. The minimum Gasteiger partial charge on any atom is -0.493 e. The number of hydrogen-bond donors (Lipinski definition) is 1. The zero-order valence-corrected chi connectivity index (χ0v) is 21.3. The van der Waals surface area contributed by atoms with Crippen LogP contribution in [0.25, 0.3) is 0 Å². The van der Waals surface area contributed by atoms with Gasteiger partial charge in [-0.05, 0) is 56.3 Å². The molecule has 35 heavy (non-hydrogen) atoms. The molecule has 0 radical (unpaired) electrons. The fraction of sp³-hybridized carbons (Fsp3) is 0.704. The number of carbonyl (C=O) groups is 2. The summed E-state index contributed by atoms with van der Waals surface area (Å²) in [6.07, 6.45) is 7.84. The predicted octanol–water partition coefficient (Wildman–Crippen LogP) is 3.40. The quantitative estimate of drug-likeness (QED) is 0.608. The second-order valence-electron chi connectivity index (χ2n) is 11.0. The van der Waals surface area contributed by atoms with Crippen molar-refractivity contribution in [3.05, 3.63) is 12.1 Å². The van der Waals surface area contributed by atoms with E-state index in [1.165, 1.54) is 19.3 Å². The zero-order valence-electron chi connectivity index (χ0n) is 21.3. The highest BCUT2D eigenvalue weighted by molar-refractivity contribution is 5.91. The molecule has 1 aromatic rings. The molecular weight excluding hydrogens is 446 g/mol. The van der Waals surface area contributed by atoms with Crippen LogP contribution in [0.5, 0.6) is 17.2 Å². The van der Waals surface area contributed by atoms with Gasteiger partial charge in [-0.25, -0.2) is 0 Å². The van der Waals surface area contributed by atoms with Gasteiger partial charge < -0.3 is 24.4 Å². The normalized spacial score (nSPS) is 29.7. The van der Waals surface area contributed by atoms with Crippen molar-refractivity contribution < 1.29 is 23.8 Å². The van der Waals surface area contributed by atoms with E-state index in [9.17, 15) is 9.59 Å². The molecular formula is C27H39N3O5. The second kappa shape index (κ2) is 9.88. The van der Waals surface area contributed by atoms with E-state index in [0.717, 1.165) is 63.2 Å². The molecule has 8 heteroatoms. The molecule has 1 saturated heterocycles. The van der Waals surface area contributed by atoms with E-state index < -0.39 is 0 Å². The van der Waals surface area contributed by atoms with Gasteiger partial charge in [0.1, 0.15) is 0 Å². The summed E-state index contributed by atoms with van der Waals surface area (Å²) in [7, 11) is 4.65. The highest BCUT2D eigenvalue weighted by Gasteiger charge is 2.55. The number of carbonyl (C=O) groups excluding carboxylic acids is 2. The van der Waals surface area contributed by atoms with E-state index in [4.69, 9.17) is 14.2 Å². The summed E-state index contributed by atoms with van der Waals surface area (Å²) in [5.41, 5.74) is 0.549. The first-order valence-electron chi connectivity index (χ1n) is 13.0. The summed E-state index contributed by atoms with van der Waals surface area (Å²) in [6, 6.07) is 3.46. The van der Waals surface area contributed by atoms with Gasteiger partial charge in [-0.2, -0.15) is 0 Å². The third kappa shape index (κ3) is 4.82. The van der Waals surface area contributed by atoms with Gasteiger partial charge in [-0.15, -0.1) is 0 Å². The van der Waals surface area contributed by atoms with E-state index in [1.54, 1.807) is 33.5 Å². The van der Waals surface area contributed by atoms with Crippen LogP contribution in [0.2, 0.25) is 0 Å². The lowest BCUT2D eigenvalue weighted by atomic mass is 9.49. The summed E-state index contributed by atoms with van der Waals surface area (Å²) in [5, 5.41) is 2.94. The molecule has 1 N–H and O–H groups in total. The fourth-order valence-corrected chi connectivity index (χ4v) is 7.52. The fourth-order valence-electron chi connectivity index (χ4n) is 7.52. The Bertz CT molecular complexity index is 896. The maximum atomic E-state index is 13.6. The molecule has 0 atom stereocenters. The van der Waals surface area contributed by atoms with Crippen molar-refractivity contribution in [3.63, 3.8) is 0 Å². The van der Waals surface area contributed by atoms with Crippen LogP contribution in [0.4, 0.5) is 5.69 Å². The molecule has 2 amide bonds. The van der Waals surface area contributed by atoms with Gasteiger partial charge in [0.25, 0.3) is 0 Å². The number of anilines is 1. The lowest BCUT2D eigenvalue weighted by Gasteiger charge is -2.57. The van der Waals surface area contributed by atoms with Crippen molar-refractivity contribution in [2.24, 2.45) is 23.2 Å². The summed E-state index contributed by atoms with van der Waals surface area (Å²) in [4.78, 5) is 30.6. The Labute approximate surface area is 208 Å². The first-order valence-corrected chi connectivity index (χ1v) is 13.0. The SMILES string of the molecule is COc1cc(NC(=O)CCN2CCN(C(=O)C34CC5CC(CC(C5)C3)C4)CC2)cc(OC)c1OC. The second-order valence-corrected chi connectivity index (χ2v) is 11.0. The van der Waals surface area contributed by atoms with Crippen LogP contribution in [0.1, 0.15) is 44.9 Å². The lowest BCUT2D eigenvalue weighted by Crippen LogP contribution is -2.58. The van der Waals surface area contributed by atoms with Crippen molar-refractivity contribution in [1.82, 2.24) is 9.80 Å². The van der Waals surface area contributed by atoms with Crippen LogP contribution in [0, 0.1) is 23.2 Å². The first-order chi connectivity index (χ1) is 16.9. The van der Waals surface area contributed by atoms with Crippen LogP contribution in [-0.4, -0.2) is 75.7 Å². The Balaban J connectivity index is 1.10. The summed E-state index contributed by atoms with van der Waals surface area (Å²) < 4.78 is 16.1. The molecule has 5 aliphatic rings. The third-order valence-electron chi connectivity index (χ3n) is 8.75. The smallest absolute Gasteiger partial charge is 0.228 e. The van der Waals surface area contributed by atoms with Crippen molar-refractivity contribution in [3.8, 4) is 17.2 Å². The first kappa shape index (κ1) is 24.2. The number of nitrogens with zero attached hydrogens (tertiary/aromatic N) is 2. The average molecular weight is 486 g/mol. The van der Waals surface area contributed by atoms with Crippen LogP contribution in [0.3, 0.4) is 0 Å². The van der Waals surface area contributed by atoms with Gasteiger partial charge in [-0.3, -0.25) is 14.5 Å². The van der Waals surface area contributed by atoms with Gasteiger partial charge in [0, 0.05) is 57.0 Å². The maximum absolute atomic E-state index is 13.6. The Morgan fingerprint density at radius 1 is 0.886 bits per heavy atom. The number of benzene rings is 1. The molecule has 6 rings (SSSR count). The summed E-state index contributed by atoms with van der Waals surface area (Å²) in [6.45, 7) is 3.88. The van der Waals surface area contributed by atoms with E-state index >= 15 is 0 Å². The van der Waals surface area contributed by atoms with E-state index in [0.29, 0.717) is 41.8 Å². The Morgan fingerprint density at radius 2 is 1.43 bits per heavy atom. The van der Waals surface area contributed by atoms with Gasteiger partial charge in [-0.1, -0.05) is 0 Å². The van der Waals surface area contributed by atoms with Crippen molar-refractivity contribution in [2.45, 2.75) is 44.9 Å². The number of hydrogen-bond acceptors (Lipinski definition) is 6. The van der Waals surface area contributed by atoms with Crippen LogP contribution in [0.15, 0.2) is 12.1 Å².